The molecule has 2 unspecified atom stereocenters. The fourth-order valence-corrected chi connectivity index (χ4v) is 3.46. The van der Waals surface area contributed by atoms with Gasteiger partial charge in [0.25, 0.3) is 0 Å². The summed E-state index contributed by atoms with van der Waals surface area (Å²) in [5.74, 6) is -0.416. The minimum absolute atomic E-state index is 0.159. The maximum Gasteiger partial charge on any atom is 0.306 e. The molecule has 2 aromatic carbocycles. The minimum Gasteiger partial charge on any atom is -0.633 e. The van der Waals surface area contributed by atoms with Gasteiger partial charge in [-0.2, -0.15) is 0 Å². The van der Waals surface area contributed by atoms with E-state index in [2.05, 4.69) is 0 Å². The van der Waals surface area contributed by atoms with Crippen molar-refractivity contribution in [1.82, 2.24) is 0 Å². The molecule has 26 heavy (non-hydrogen) atoms. The predicted molar refractivity (Wildman–Crippen MR) is 104 cm³/mol. The van der Waals surface area contributed by atoms with E-state index in [1.165, 1.54) is 0 Å². The van der Waals surface area contributed by atoms with Crippen LogP contribution in [-0.4, -0.2) is 31.3 Å². The Morgan fingerprint density at radius 3 is 2.12 bits per heavy atom. The lowest BCUT2D eigenvalue weighted by Gasteiger charge is -2.44. The van der Waals surface area contributed by atoms with Crippen molar-refractivity contribution in [1.29, 1.82) is 0 Å². The van der Waals surface area contributed by atoms with Crippen LogP contribution in [0.3, 0.4) is 0 Å². The van der Waals surface area contributed by atoms with E-state index in [0.717, 1.165) is 11.1 Å². The average molecular weight is 355 g/mol. The molecule has 2 aromatic rings. The summed E-state index contributed by atoms with van der Waals surface area (Å²) in [5, 5.41) is 12.4. The molecule has 140 valence electrons. The fourth-order valence-electron chi connectivity index (χ4n) is 3.46. The van der Waals surface area contributed by atoms with Crippen LogP contribution in [-0.2, 0) is 21.6 Å². The molecule has 2 atom stereocenters. The van der Waals surface area contributed by atoms with Crippen LogP contribution in [0.5, 0.6) is 0 Å². The molecule has 0 saturated carbocycles. The van der Waals surface area contributed by atoms with Crippen LogP contribution in [0.2, 0.25) is 0 Å². The highest BCUT2D eigenvalue weighted by atomic mass is 16.6. The Labute approximate surface area is 156 Å². The predicted octanol–water partition coefficient (Wildman–Crippen LogP) is 4.29. The van der Waals surface area contributed by atoms with E-state index in [-0.39, 0.29) is 11.9 Å². The lowest BCUT2D eigenvalue weighted by atomic mass is 9.77. The van der Waals surface area contributed by atoms with Crippen molar-refractivity contribution in [2.24, 2.45) is 5.92 Å². The molecular formula is C22H29NO3. The summed E-state index contributed by atoms with van der Waals surface area (Å²) < 4.78 is 5.66. The van der Waals surface area contributed by atoms with Crippen LogP contribution in [0.15, 0.2) is 60.7 Å². The zero-order valence-electron chi connectivity index (χ0n) is 16.1. The Kier molecular flexibility index (Phi) is 6.57. The van der Waals surface area contributed by atoms with Gasteiger partial charge < -0.3 is 14.6 Å². The van der Waals surface area contributed by atoms with E-state index in [0.29, 0.717) is 19.4 Å². The summed E-state index contributed by atoms with van der Waals surface area (Å²) in [7, 11) is 3.24. The van der Waals surface area contributed by atoms with Crippen LogP contribution in [0.4, 0.5) is 0 Å². The van der Waals surface area contributed by atoms with Crippen molar-refractivity contribution < 1.29 is 14.2 Å². The molecule has 0 fully saturated rings. The van der Waals surface area contributed by atoms with Gasteiger partial charge in [-0.15, -0.1) is 0 Å². The van der Waals surface area contributed by atoms with Crippen LogP contribution < -0.4 is 0 Å². The number of carbonyl (C=O) groups excluding carboxylic acids is 1. The van der Waals surface area contributed by atoms with Crippen molar-refractivity contribution in [3.8, 4) is 0 Å². The molecule has 0 spiro atoms. The summed E-state index contributed by atoms with van der Waals surface area (Å²) in [5.41, 5.74) is 1.12. The van der Waals surface area contributed by atoms with Gasteiger partial charge >= 0.3 is 5.97 Å². The highest BCUT2D eigenvalue weighted by molar-refractivity contribution is 5.69. The van der Waals surface area contributed by atoms with Gasteiger partial charge in [-0.1, -0.05) is 74.5 Å². The average Bonchev–Trinajstić information content (AvgIpc) is 2.61. The van der Waals surface area contributed by atoms with Crippen LogP contribution in [0.1, 0.15) is 31.4 Å². The SMILES string of the molecule is CCC(=O)OC(Cc1ccccc1)(c1ccccc1)C(C)C[N+](C)(C)[O-]. The zero-order chi connectivity index (χ0) is 19.2. The first-order valence-corrected chi connectivity index (χ1v) is 9.12. The monoisotopic (exact) mass is 355 g/mol. The summed E-state index contributed by atoms with van der Waals surface area (Å²) in [6.45, 7) is 4.13. The molecule has 0 bridgehead atoms. The van der Waals surface area contributed by atoms with Crippen LogP contribution in [0.25, 0.3) is 0 Å². The zero-order valence-corrected chi connectivity index (χ0v) is 16.1. The smallest absolute Gasteiger partial charge is 0.306 e. The molecule has 4 nitrogen and oxygen atoms in total. The fraction of sp³-hybridized carbons (Fsp3) is 0.409. The highest BCUT2D eigenvalue weighted by Gasteiger charge is 2.43. The van der Waals surface area contributed by atoms with Gasteiger partial charge in [-0.3, -0.25) is 4.79 Å². The maximum absolute atomic E-state index is 12.4. The number of benzene rings is 2. The van der Waals surface area contributed by atoms with E-state index in [1.54, 1.807) is 21.0 Å². The largest absolute Gasteiger partial charge is 0.633 e. The van der Waals surface area contributed by atoms with Crippen LogP contribution in [0, 0.1) is 11.1 Å². The van der Waals surface area contributed by atoms with Crippen molar-refractivity contribution >= 4 is 5.97 Å². The number of esters is 1. The molecular weight excluding hydrogens is 326 g/mol. The van der Waals surface area contributed by atoms with E-state index in [9.17, 15) is 10.0 Å². The molecule has 0 aliphatic heterocycles. The normalized spacial score (nSPS) is 15.1. The number of ether oxygens (including phenoxy) is 1. The first kappa shape index (κ1) is 20.1. The Bertz CT molecular complexity index is 694. The minimum atomic E-state index is -0.879. The van der Waals surface area contributed by atoms with Crippen LogP contribution >= 0.6 is 0 Å². The Morgan fingerprint density at radius 2 is 1.62 bits per heavy atom. The molecule has 0 aliphatic carbocycles. The number of quaternary nitrogens is 1. The number of rotatable bonds is 8. The highest BCUT2D eigenvalue weighted by Crippen LogP contribution is 2.39. The van der Waals surface area contributed by atoms with Crippen molar-refractivity contribution in [3.63, 3.8) is 0 Å². The van der Waals surface area contributed by atoms with Gasteiger partial charge in [0.2, 0.25) is 0 Å². The molecule has 0 aromatic heterocycles. The second-order valence-corrected chi connectivity index (χ2v) is 7.40. The second kappa shape index (κ2) is 8.47. The summed E-state index contributed by atoms with van der Waals surface area (Å²) in [4.78, 5) is 12.4. The van der Waals surface area contributed by atoms with Crippen molar-refractivity contribution in [3.05, 3.63) is 77.0 Å². The molecule has 0 aliphatic rings. The number of hydrogen-bond donors (Lipinski definition) is 0. The Morgan fingerprint density at radius 1 is 1.08 bits per heavy atom. The first-order chi connectivity index (χ1) is 12.3. The molecule has 2 rings (SSSR count). The number of carbonyl (C=O) groups is 1. The second-order valence-electron chi connectivity index (χ2n) is 7.40. The maximum atomic E-state index is 12.4. The summed E-state index contributed by atoms with van der Waals surface area (Å²) in [6, 6.07) is 19.8. The third kappa shape index (κ3) is 5.16. The molecule has 0 heterocycles. The van der Waals surface area contributed by atoms with Gasteiger partial charge in [0.05, 0.1) is 26.6 Å². The molecule has 0 N–H and O–H groups in total. The van der Waals surface area contributed by atoms with Gasteiger partial charge in [0.1, 0.15) is 5.60 Å². The summed E-state index contributed by atoms with van der Waals surface area (Å²) >= 11 is 0. The first-order valence-electron chi connectivity index (χ1n) is 9.12. The Balaban J connectivity index is 2.55. The van der Waals surface area contributed by atoms with E-state index < -0.39 is 10.2 Å². The number of hydrogen-bond acceptors (Lipinski definition) is 3. The van der Waals surface area contributed by atoms with Crippen molar-refractivity contribution in [2.75, 3.05) is 20.6 Å². The van der Waals surface area contributed by atoms with E-state index in [1.807, 2.05) is 67.6 Å². The molecule has 4 heteroatoms. The topological polar surface area (TPSA) is 49.4 Å². The van der Waals surface area contributed by atoms with Gasteiger partial charge in [-0.05, 0) is 11.1 Å². The van der Waals surface area contributed by atoms with E-state index >= 15 is 0 Å². The molecule has 0 amide bonds. The van der Waals surface area contributed by atoms with Gasteiger partial charge in [0.15, 0.2) is 0 Å². The molecule has 0 saturated heterocycles. The lowest BCUT2D eigenvalue weighted by Crippen LogP contribution is -2.48. The lowest BCUT2D eigenvalue weighted by molar-refractivity contribution is -0.844. The third-order valence-electron chi connectivity index (χ3n) is 4.67. The van der Waals surface area contributed by atoms with Gasteiger partial charge in [0, 0.05) is 12.8 Å². The Hall–Kier alpha value is -2.17. The third-order valence-corrected chi connectivity index (χ3v) is 4.67. The number of nitrogens with zero attached hydrogens (tertiary/aromatic N) is 1. The standard InChI is InChI=1S/C22H29NO3/c1-5-21(24)26-22(18(2)17-23(3,4)25,20-14-10-7-11-15-20)16-19-12-8-6-9-13-19/h6-15,18H,5,16-17H2,1-4H3. The van der Waals surface area contributed by atoms with Crippen molar-refractivity contribution in [2.45, 2.75) is 32.3 Å². The quantitative estimate of drug-likeness (QED) is 0.403. The van der Waals surface area contributed by atoms with E-state index in [4.69, 9.17) is 4.74 Å². The number of hydroxylamine groups is 3. The summed E-state index contributed by atoms with van der Waals surface area (Å²) in [6.07, 6.45) is 0.830. The van der Waals surface area contributed by atoms with Gasteiger partial charge in [-0.25, -0.2) is 0 Å². The molecule has 0 radical (unpaired) electrons.